The van der Waals surface area contributed by atoms with E-state index in [0.717, 1.165) is 39.6 Å². The maximum absolute atomic E-state index is 12.8. The van der Waals surface area contributed by atoms with Crippen molar-refractivity contribution in [2.45, 2.75) is 32.4 Å². The Hall–Kier alpha value is -3.68. The smallest absolute Gasteiger partial charge is 0.226 e. The molecule has 2 aromatic carbocycles. The van der Waals surface area contributed by atoms with Crippen molar-refractivity contribution in [3.05, 3.63) is 107 Å². The second kappa shape index (κ2) is 10.7. The van der Waals surface area contributed by atoms with Crippen molar-refractivity contribution >= 4 is 40.5 Å². The number of amides is 1. The number of carbonyl (C=O) groups excluding carboxylic acids is 1. The number of aryl methyl sites for hydroxylation is 1. The molecule has 0 bridgehead atoms. The molecule has 1 amide bonds. The first-order chi connectivity index (χ1) is 17.9. The van der Waals surface area contributed by atoms with Crippen molar-refractivity contribution in [2.24, 2.45) is 0 Å². The number of anilines is 1. The summed E-state index contributed by atoms with van der Waals surface area (Å²) in [7, 11) is 0. The Morgan fingerprint density at radius 1 is 1.08 bits per heavy atom. The molecule has 1 saturated heterocycles. The fraction of sp³-hybridized carbons (Fsp3) is 0.207. The highest BCUT2D eigenvalue weighted by Gasteiger charge is 2.41. The predicted molar refractivity (Wildman–Crippen MR) is 150 cm³/mol. The number of furan rings is 1. The second-order valence-electron chi connectivity index (χ2n) is 9.10. The number of carbonyl (C=O) groups is 1. The van der Waals surface area contributed by atoms with Crippen LogP contribution in [0.5, 0.6) is 0 Å². The molecule has 2 aromatic heterocycles. The zero-order valence-electron chi connectivity index (χ0n) is 20.6. The van der Waals surface area contributed by atoms with Crippen LogP contribution in [0.15, 0.2) is 83.4 Å². The molecule has 6 nitrogen and oxygen atoms in total. The van der Waals surface area contributed by atoms with E-state index >= 15 is 0 Å². The van der Waals surface area contributed by atoms with Gasteiger partial charge in [-0.2, -0.15) is 0 Å². The van der Waals surface area contributed by atoms with Crippen molar-refractivity contribution < 1.29 is 9.21 Å². The number of rotatable bonds is 7. The molecule has 188 valence electrons. The van der Waals surface area contributed by atoms with Crippen molar-refractivity contribution in [2.75, 3.05) is 11.9 Å². The maximum Gasteiger partial charge on any atom is 0.226 e. The van der Waals surface area contributed by atoms with Crippen LogP contribution in [0.4, 0.5) is 5.69 Å². The fourth-order valence-electron chi connectivity index (χ4n) is 4.57. The molecule has 0 unspecified atom stereocenters. The number of halogens is 1. The molecule has 0 aliphatic carbocycles. The molecule has 0 radical (unpaired) electrons. The summed E-state index contributed by atoms with van der Waals surface area (Å²) in [5.74, 6) is 1.38. The van der Waals surface area contributed by atoms with Crippen LogP contribution in [0, 0.1) is 13.8 Å². The summed E-state index contributed by atoms with van der Waals surface area (Å²) < 4.78 is 6.41. The molecule has 2 atom stereocenters. The van der Waals surface area contributed by atoms with Crippen LogP contribution in [0.1, 0.15) is 41.1 Å². The van der Waals surface area contributed by atoms with Crippen molar-refractivity contribution in [1.29, 1.82) is 0 Å². The first kappa shape index (κ1) is 25.0. The Bertz CT molecular complexity index is 1420. The van der Waals surface area contributed by atoms with Crippen molar-refractivity contribution in [1.82, 2.24) is 15.2 Å². The summed E-state index contributed by atoms with van der Waals surface area (Å²) in [6, 6.07) is 22.7. The van der Waals surface area contributed by atoms with E-state index in [2.05, 4.69) is 15.6 Å². The number of hydrogen-bond donors (Lipinski definition) is 2. The third-order valence-electron chi connectivity index (χ3n) is 6.56. The minimum atomic E-state index is -0.275. The topological polar surface area (TPSA) is 70.4 Å². The molecule has 0 saturated carbocycles. The lowest BCUT2D eigenvalue weighted by atomic mass is 10.0. The SMILES string of the molecule is Cc1ccc(NC(=O)CCN2C(=S)N[C@H](c3ccccn3)[C@H]2c2ccc(-c3cccc(Cl)c3C)o2)cc1. The van der Waals surface area contributed by atoms with Crippen LogP contribution in [0.25, 0.3) is 11.3 Å². The molecular formula is C29H27ClN4O2S. The second-order valence-corrected chi connectivity index (χ2v) is 9.89. The van der Waals surface area contributed by atoms with Gasteiger partial charge in [0.2, 0.25) is 5.91 Å². The summed E-state index contributed by atoms with van der Waals surface area (Å²) in [5, 5.41) is 7.61. The molecule has 1 aliphatic rings. The molecule has 2 N–H and O–H groups in total. The Labute approximate surface area is 226 Å². The van der Waals surface area contributed by atoms with E-state index in [1.54, 1.807) is 6.20 Å². The zero-order chi connectivity index (χ0) is 25.9. The highest BCUT2D eigenvalue weighted by atomic mass is 35.5. The van der Waals surface area contributed by atoms with Gasteiger partial charge in [0.25, 0.3) is 0 Å². The molecular weight excluding hydrogens is 504 g/mol. The van der Waals surface area contributed by atoms with Gasteiger partial charge in [0.05, 0.1) is 11.7 Å². The van der Waals surface area contributed by atoms with Gasteiger partial charge in [-0.3, -0.25) is 9.78 Å². The lowest BCUT2D eigenvalue weighted by Gasteiger charge is -2.25. The standard InChI is InChI=1S/C29H27ClN4O2S/c1-18-9-11-20(12-10-18)32-26(35)15-17-34-28(27(33-29(34)37)23-8-3-4-16-31-23)25-14-13-24(36-25)21-6-5-7-22(30)19(21)2/h3-14,16,27-28H,15,17H2,1-2H3,(H,32,35)(H,33,37)/t27-,28-/m1/s1. The van der Waals surface area contributed by atoms with Gasteiger partial charge < -0.3 is 20.0 Å². The molecule has 3 heterocycles. The number of thiocarbonyl (C=S) groups is 1. The number of benzene rings is 2. The summed E-state index contributed by atoms with van der Waals surface area (Å²) >= 11 is 12.1. The first-order valence-corrected chi connectivity index (χ1v) is 12.9. The van der Waals surface area contributed by atoms with Gasteiger partial charge in [-0.15, -0.1) is 0 Å². The van der Waals surface area contributed by atoms with E-state index in [1.165, 1.54) is 0 Å². The minimum Gasteiger partial charge on any atom is -0.459 e. The fourth-order valence-corrected chi connectivity index (χ4v) is 5.07. The Morgan fingerprint density at radius 2 is 1.89 bits per heavy atom. The number of hydrogen-bond acceptors (Lipinski definition) is 4. The summed E-state index contributed by atoms with van der Waals surface area (Å²) in [5.41, 5.74) is 4.65. The van der Waals surface area contributed by atoms with Crippen molar-refractivity contribution in [3.8, 4) is 11.3 Å². The molecule has 37 heavy (non-hydrogen) atoms. The normalized spacial score (nSPS) is 17.1. The van der Waals surface area contributed by atoms with Gasteiger partial charge in [0.15, 0.2) is 5.11 Å². The monoisotopic (exact) mass is 530 g/mol. The largest absolute Gasteiger partial charge is 0.459 e. The maximum atomic E-state index is 12.8. The summed E-state index contributed by atoms with van der Waals surface area (Å²) in [4.78, 5) is 19.3. The molecule has 4 aromatic rings. The first-order valence-electron chi connectivity index (χ1n) is 12.1. The molecule has 8 heteroatoms. The highest BCUT2D eigenvalue weighted by molar-refractivity contribution is 7.80. The third kappa shape index (κ3) is 5.38. The molecule has 1 aliphatic heterocycles. The lowest BCUT2D eigenvalue weighted by Crippen LogP contribution is -2.32. The average Bonchev–Trinajstić information content (AvgIpc) is 3.51. The number of nitrogens with zero attached hydrogens (tertiary/aromatic N) is 2. The number of nitrogens with one attached hydrogen (secondary N) is 2. The lowest BCUT2D eigenvalue weighted by molar-refractivity contribution is -0.116. The van der Waals surface area contributed by atoms with Crippen LogP contribution in [0.3, 0.4) is 0 Å². The zero-order valence-corrected chi connectivity index (χ0v) is 22.1. The molecule has 5 rings (SSSR count). The minimum absolute atomic E-state index is 0.0821. The van der Waals surface area contributed by atoms with Gasteiger partial charge in [-0.1, -0.05) is 47.5 Å². The predicted octanol–water partition coefficient (Wildman–Crippen LogP) is 6.61. The quantitative estimate of drug-likeness (QED) is 0.262. The number of aromatic nitrogens is 1. The van der Waals surface area contributed by atoms with E-state index < -0.39 is 0 Å². The Kier molecular flexibility index (Phi) is 7.26. The van der Waals surface area contributed by atoms with E-state index in [9.17, 15) is 4.79 Å². The van der Waals surface area contributed by atoms with Gasteiger partial charge in [0, 0.05) is 35.4 Å². The third-order valence-corrected chi connectivity index (χ3v) is 7.33. The van der Waals surface area contributed by atoms with Crippen LogP contribution < -0.4 is 10.6 Å². The Morgan fingerprint density at radius 3 is 2.65 bits per heavy atom. The van der Waals surface area contributed by atoms with Crippen LogP contribution in [0.2, 0.25) is 5.02 Å². The highest BCUT2D eigenvalue weighted by Crippen LogP contribution is 2.41. The summed E-state index contributed by atoms with van der Waals surface area (Å²) in [6.45, 7) is 4.41. The van der Waals surface area contributed by atoms with E-state index in [0.29, 0.717) is 16.7 Å². The summed E-state index contributed by atoms with van der Waals surface area (Å²) in [6.07, 6.45) is 2.03. The van der Waals surface area contributed by atoms with Crippen molar-refractivity contribution in [3.63, 3.8) is 0 Å². The molecule has 1 fully saturated rings. The van der Waals surface area contributed by atoms with Crippen LogP contribution in [-0.2, 0) is 4.79 Å². The molecule has 0 spiro atoms. The Balaban J connectivity index is 1.41. The van der Waals surface area contributed by atoms with Gasteiger partial charge in [-0.25, -0.2) is 0 Å². The van der Waals surface area contributed by atoms with Crippen LogP contribution >= 0.6 is 23.8 Å². The van der Waals surface area contributed by atoms with E-state index in [4.69, 9.17) is 28.2 Å². The van der Waals surface area contributed by atoms with Gasteiger partial charge in [-0.05, 0) is 74.1 Å². The van der Waals surface area contributed by atoms with E-state index in [-0.39, 0.29) is 24.4 Å². The van der Waals surface area contributed by atoms with Gasteiger partial charge >= 0.3 is 0 Å². The van der Waals surface area contributed by atoms with Crippen LogP contribution in [-0.4, -0.2) is 27.4 Å². The number of pyridine rings is 1. The van der Waals surface area contributed by atoms with Gasteiger partial charge in [0.1, 0.15) is 17.6 Å². The average molecular weight is 531 g/mol. The van der Waals surface area contributed by atoms with E-state index in [1.807, 2.05) is 91.5 Å².